The molecule has 3 rings (SSSR count). The van der Waals surface area contributed by atoms with Crippen LogP contribution >= 0.6 is 0 Å². The highest BCUT2D eigenvalue weighted by atomic mass is 32.2. The van der Waals surface area contributed by atoms with Crippen LogP contribution in [-0.2, 0) is 10.8 Å². The number of nitrogens with zero attached hydrogens (tertiary/aromatic N) is 1. The Labute approximate surface area is 123 Å². The molecule has 0 aliphatic carbocycles. The normalized spacial score (nSPS) is 30.9. The molecule has 6 heteroatoms. The molecule has 2 fully saturated rings. The molecule has 1 aromatic carbocycles. The van der Waals surface area contributed by atoms with Gasteiger partial charge in [-0.2, -0.15) is 5.26 Å². The summed E-state index contributed by atoms with van der Waals surface area (Å²) in [6.07, 6.45) is 2.71. The largest absolute Gasteiger partial charge is 0.294 e. The van der Waals surface area contributed by atoms with Crippen molar-refractivity contribution in [2.75, 3.05) is 0 Å². The van der Waals surface area contributed by atoms with Crippen LogP contribution in [0.3, 0.4) is 0 Å². The molecule has 2 saturated heterocycles. The molecular formula is C15H13F2NO2S. The lowest BCUT2D eigenvalue weighted by atomic mass is 9.88. The predicted molar refractivity (Wildman–Crippen MR) is 73.1 cm³/mol. The van der Waals surface area contributed by atoms with E-state index >= 15 is 0 Å². The van der Waals surface area contributed by atoms with Crippen LogP contribution in [0.2, 0.25) is 0 Å². The first-order valence-electron chi connectivity index (χ1n) is 6.84. The highest BCUT2D eigenvalue weighted by Gasteiger charge is 2.43. The fraction of sp³-hybridized carbons (Fsp3) is 0.467. The first kappa shape index (κ1) is 14.3. The number of halogens is 2. The maximum absolute atomic E-state index is 13.4. The van der Waals surface area contributed by atoms with E-state index in [1.807, 2.05) is 0 Å². The fourth-order valence-corrected chi connectivity index (χ4v) is 5.43. The Morgan fingerprint density at radius 2 is 1.76 bits per heavy atom. The summed E-state index contributed by atoms with van der Waals surface area (Å²) in [5.41, 5.74) is -0.202. The van der Waals surface area contributed by atoms with E-state index in [-0.39, 0.29) is 33.3 Å². The Balaban J connectivity index is 1.92. The van der Waals surface area contributed by atoms with E-state index in [2.05, 4.69) is 0 Å². The van der Waals surface area contributed by atoms with Gasteiger partial charge in [0.25, 0.3) is 0 Å². The SMILES string of the molecule is N#Cc1cc(F)c(F)cc1C(=O)C1CC2CCC(C1)S2=O. The van der Waals surface area contributed by atoms with Gasteiger partial charge in [0, 0.05) is 32.8 Å². The van der Waals surface area contributed by atoms with Gasteiger partial charge in [-0.1, -0.05) is 0 Å². The van der Waals surface area contributed by atoms with E-state index in [4.69, 9.17) is 5.26 Å². The minimum absolute atomic E-state index is 0.0218. The van der Waals surface area contributed by atoms with Crippen LogP contribution in [0.5, 0.6) is 0 Å². The number of rotatable bonds is 2. The Hall–Kier alpha value is -1.61. The van der Waals surface area contributed by atoms with Gasteiger partial charge in [-0.05, 0) is 37.8 Å². The Morgan fingerprint density at radius 1 is 1.19 bits per heavy atom. The maximum Gasteiger partial charge on any atom is 0.167 e. The van der Waals surface area contributed by atoms with Gasteiger partial charge in [0.1, 0.15) is 0 Å². The summed E-state index contributed by atoms with van der Waals surface area (Å²) in [6.45, 7) is 0. The van der Waals surface area contributed by atoms with Crippen LogP contribution in [-0.4, -0.2) is 20.5 Å². The molecule has 0 saturated carbocycles. The zero-order chi connectivity index (χ0) is 15.1. The summed E-state index contributed by atoms with van der Waals surface area (Å²) >= 11 is 0. The second-order valence-electron chi connectivity index (χ2n) is 5.61. The first-order chi connectivity index (χ1) is 10.0. The maximum atomic E-state index is 13.4. The molecule has 2 heterocycles. The molecule has 21 heavy (non-hydrogen) atoms. The van der Waals surface area contributed by atoms with E-state index in [0.29, 0.717) is 12.8 Å². The van der Waals surface area contributed by atoms with Crippen molar-refractivity contribution in [1.29, 1.82) is 5.26 Å². The number of Topliss-reactive ketones (excluding diaryl/α,β-unsaturated/α-hetero) is 1. The van der Waals surface area contributed by atoms with Crippen LogP contribution in [0.4, 0.5) is 8.78 Å². The Morgan fingerprint density at radius 3 is 2.33 bits per heavy atom. The van der Waals surface area contributed by atoms with Gasteiger partial charge in [0.2, 0.25) is 0 Å². The molecule has 0 radical (unpaired) electrons. The summed E-state index contributed by atoms with van der Waals surface area (Å²) in [4.78, 5) is 12.5. The third kappa shape index (κ3) is 2.40. The number of fused-ring (bicyclic) bond motifs is 2. The molecule has 2 aliphatic rings. The van der Waals surface area contributed by atoms with Gasteiger partial charge >= 0.3 is 0 Å². The van der Waals surface area contributed by atoms with E-state index < -0.39 is 22.4 Å². The summed E-state index contributed by atoms with van der Waals surface area (Å²) in [7, 11) is -0.879. The van der Waals surface area contributed by atoms with Crippen molar-refractivity contribution >= 4 is 16.6 Å². The molecule has 110 valence electrons. The lowest BCUT2D eigenvalue weighted by molar-refractivity contribution is 0.0905. The minimum atomic E-state index is -1.13. The molecule has 0 N–H and O–H groups in total. The van der Waals surface area contributed by atoms with Crippen molar-refractivity contribution in [1.82, 2.24) is 0 Å². The summed E-state index contributed by atoms with van der Waals surface area (Å²) in [5, 5.41) is 9.04. The van der Waals surface area contributed by atoms with E-state index in [9.17, 15) is 17.8 Å². The molecule has 0 spiro atoms. The number of nitriles is 1. The third-order valence-corrected chi connectivity index (χ3v) is 6.55. The van der Waals surface area contributed by atoms with Crippen molar-refractivity contribution in [3.05, 3.63) is 34.9 Å². The van der Waals surface area contributed by atoms with Gasteiger partial charge in [0.05, 0.1) is 11.6 Å². The minimum Gasteiger partial charge on any atom is -0.294 e. The molecule has 3 nitrogen and oxygen atoms in total. The lowest BCUT2D eigenvalue weighted by Crippen LogP contribution is -2.32. The molecule has 2 aliphatic heterocycles. The van der Waals surface area contributed by atoms with Crippen LogP contribution in [0.15, 0.2) is 12.1 Å². The van der Waals surface area contributed by atoms with Crippen molar-refractivity contribution < 1.29 is 17.8 Å². The Bertz CT molecular complexity index is 667. The molecule has 0 aromatic heterocycles. The molecule has 1 aromatic rings. The fourth-order valence-electron chi connectivity index (χ4n) is 3.31. The molecule has 2 atom stereocenters. The number of benzene rings is 1. The van der Waals surface area contributed by atoms with Gasteiger partial charge in [-0.3, -0.25) is 9.00 Å². The number of carbonyl (C=O) groups excluding carboxylic acids is 1. The third-order valence-electron chi connectivity index (χ3n) is 4.38. The zero-order valence-corrected chi connectivity index (χ0v) is 12.0. The summed E-state index contributed by atoms with van der Waals surface area (Å²) in [5.74, 6) is -2.94. The van der Waals surface area contributed by atoms with Gasteiger partial charge in [-0.25, -0.2) is 8.78 Å². The monoisotopic (exact) mass is 309 g/mol. The predicted octanol–water partition coefficient (Wildman–Crippen LogP) is 2.71. The highest BCUT2D eigenvalue weighted by Crippen LogP contribution is 2.40. The van der Waals surface area contributed by atoms with E-state index in [0.717, 1.165) is 25.0 Å². The molecule has 0 amide bonds. The topological polar surface area (TPSA) is 57.9 Å². The first-order valence-corrected chi connectivity index (χ1v) is 8.11. The van der Waals surface area contributed by atoms with Crippen molar-refractivity contribution in [3.8, 4) is 6.07 Å². The van der Waals surface area contributed by atoms with Crippen LogP contribution in [0, 0.1) is 28.9 Å². The second kappa shape index (κ2) is 5.30. The van der Waals surface area contributed by atoms with Gasteiger partial charge in [0.15, 0.2) is 17.4 Å². The van der Waals surface area contributed by atoms with Gasteiger partial charge < -0.3 is 0 Å². The number of hydrogen-bond acceptors (Lipinski definition) is 3. The number of carbonyl (C=O) groups is 1. The molecule has 2 unspecified atom stereocenters. The smallest absolute Gasteiger partial charge is 0.167 e. The lowest BCUT2D eigenvalue weighted by Gasteiger charge is -2.26. The van der Waals surface area contributed by atoms with Crippen LogP contribution in [0.1, 0.15) is 41.6 Å². The van der Waals surface area contributed by atoms with Crippen molar-refractivity contribution in [2.45, 2.75) is 36.2 Å². The van der Waals surface area contributed by atoms with Crippen molar-refractivity contribution in [3.63, 3.8) is 0 Å². The highest BCUT2D eigenvalue weighted by molar-refractivity contribution is 7.86. The van der Waals surface area contributed by atoms with E-state index in [1.165, 1.54) is 0 Å². The van der Waals surface area contributed by atoms with Crippen LogP contribution in [0.25, 0.3) is 0 Å². The zero-order valence-electron chi connectivity index (χ0n) is 11.1. The molecular weight excluding hydrogens is 296 g/mol. The molecule has 2 bridgehead atoms. The average molecular weight is 309 g/mol. The van der Waals surface area contributed by atoms with Crippen LogP contribution < -0.4 is 0 Å². The van der Waals surface area contributed by atoms with E-state index in [1.54, 1.807) is 6.07 Å². The number of hydrogen-bond donors (Lipinski definition) is 0. The summed E-state index contributed by atoms with van der Waals surface area (Å²) in [6, 6.07) is 3.31. The second-order valence-corrected chi connectivity index (χ2v) is 7.60. The summed E-state index contributed by atoms with van der Waals surface area (Å²) < 4.78 is 38.5. The average Bonchev–Trinajstić information content (AvgIpc) is 2.70. The Kier molecular flexibility index (Phi) is 3.62. The standard InChI is InChI=1S/C15H13F2NO2S/c16-13-5-9(7-18)12(6-14(13)17)15(19)8-3-10-1-2-11(4-8)21(10)20/h5-6,8,10-11H,1-4H2. The van der Waals surface area contributed by atoms with Crippen molar-refractivity contribution in [2.24, 2.45) is 5.92 Å². The van der Waals surface area contributed by atoms with Gasteiger partial charge in [-0.15, -0.1) is 0 Å². The number of ketones is 1. The quantitative estimate of drug-likeness (QED) is 0.789.